The number of rotatable bonds is 5. The third-order valence-corrected chi connectivity index (χ3v) is 4.93. The Hall–Kier alpha value is -2.50. The van der Waals surface area contributed by atoms with Crippen molar-refractivity contribution in [3.8, 4) is 10.8 Å². The van der Waals surface area contributed by atoms with E-state index in [-0.39, 0.29) is 6.04 Å². The highest BCUT2D eigenvalue weighted by Crippen LogP contribution is 2.31. The lowest BCUT2D eigenvalue weighted by Gasteiger charge is -2.11. The summed E-state index contributed by atoms with van der Waals surface area (Å²) >= 11 is 1.65. The number of hydrogen-bond donors (Lipinski definition) is 1. The van der Waals surface area contributed by atoms with E-state index in [1.54, 1.807) is 11.3 Å². The zero-order chi connectivity index (χ0) is 16.4. The number of furan rings is 1. The zero-order valence-corrected chi connectivity index (χ0v) is 14.1. The molecule has 3 aromatic heterocycles. The first-order valence-electron chi connectivity index (χ1n) is 7.88. The molecule has 0 unspecified atom stereocenters. The Morgan fingerprint density at radius 3 is 2.79 bits per heavy atom. The first kappa shape index (κ1) is 15.1. The number of hydrogen-bond acceptors (Lipinski definition) is 5. The van der Waals surface area contributed by atoms with Crippen molar-refractivity contribution in [1.82, 2.24) is 15.3 Å². The fraction of sp³-hybridized carbons (Fsp3) is 0.158. The van der Waals surface area contributed by atoms with Crippen LogP contribution >= 0.6 is 11.3 Å². The highest BCUT2D eigenvalue weighted by atomic mass is 32.1. The van der Waals surface area contributed by atoms with Crippen molar-refractivity contribution < 1.29 is 4.42 Å². The lowest BCUT2D eigenvalue weighted by molar-refractivity contribution is 0.465. The molecule has 4 nitrogen and oxygen atoms in total. The van der Waals surface area contributed by atoms with Crippen molar-refractivity contribution in [3.63, 3.8) is 0 Å². The molecule has 0 aliphatic carbocycles. The molecule has 0 radical (unpaired) electrons. The number of fused-ring (bicyclic) bond motifs is 1. The lowest BCUT2D eigenvalue weighted by atomic mass is 10.2. The molecular weight excluding hydrogens is 318 g/mol. The van der Waals surface area contributed by atoms with Crippen LogP contribution in [0.2, 0.25) is 0 Å². The highest BCUT2D eigenvalue weighted by Gasteiger charge is 2.11. The second-order valence-corrected chi connectivity index (χ2v) is 6.64. The van der Waals surface area contributed by atoms with Crippen LogP contribution in [0, 0.1) is 0 Å². The maximum Gasteiger partial charge on any atom is 0.163 e. The van der Waals surface area contributed by atoms with E-state index in [4.69, 9.17) is 4.42 Å². The number of thiazole rings is 1. The van der Waals surface area contributed by atoms with E-state index < -0.39 is 0 Å². The van der Waals surface area contributed by atoms with Gasteiger partial charge in [0.05, 0.1) is 22.5 Å². The van der Waals surface area contributed by atoms with Gasteiger partial charge in [0.1, 0.15) is 5.76 Å². The summed E-state index contributed by atoms with van der Waals surface area (Å²) in [6.45, 7) is 2.75. The summed E-state index contributed by atoms with van der Waals surface area (Å²) in [5.41, 5.74) is 2.04. The van der Waals surface area contributed by atoms with Crippen LogP contribution in [0.15, 0.2) is 65.2 Å². The Balaban J connectivity index is 1.47. The van der Waals surface area contributed by atoms with Gasteiger partial charge in [0.2, 0.25) is 0 Å². The van der Waals surface area contributed by atoms with Gasteiger partial charge in [0, 0.05) is 12.2 Å². The van der Waals surface area contributed by atoms with Crippen molar-refractivity contribution in [3.05, 3.63) is 72.2 Å². The molecule has 0 saturated heterocycles. The van der Waals surface area contributed by atoms with Gasteiger partial charge in [0.25, 0.3) is 0 Å². The van der Waals surface area contributed by atoms with Crippen molar-refractivity contribution in [2.24, 2.45) is 0 Å². The van der Waals surface area contributed by atoms with E-state index in [1.165, 1.54) is 4.70 Å². The fourth-order valence-electron chi connectivity index (χ4n) is 2.56. The number of nitrogens with zero attached hydrogens (tertiary/aromatic N) is 2. The van der Waals surface area contributed by atoms with Gasteiger partial charge < -0.3 is 9.73 Å². The quantitative estimate of drug-likeness (QED) is 0.569. The van der Waals surface area contributed by atoms with Gasteiger partial charge in [-0.2, -0.15) is 0 Å². The third kappa shape index (κ3) is 3.09. The van der Waals surface area contributed by atoms with E-state index in [2.05, 4.69) is 28.3 Å². The number of aromatic nitrogens is 2. The average molecular weight is 335 g/mol. The summed E-state index contributed by atoms with van der Waals surface area (Å²) in [7, 11) is 0. The van der Waals surface area contributed by atoms with E-state index in [9.17, 15) is 0 Å². The van der Waals surface area contributed by atoms with Crippen LogP contribution in [-0.4, -0.2) is 9.97 Å². The van der Waals surface area contributed by atoms with Gasteiger partial charge in [-0.15, -0.1) is 11.3 Å². The summed E-state index contributed by atoms with van der Waals surface area (Å²) in [5.74, 6) is 1.71. The minimum Gasteiger partial charge on any atom is -0.457 e. The lowest BCUT2D eigenvalue weighted by Crippen LogP contribution is -2.18. The van der Waals surface area contributed by atoms with Gasteiger partial charge in [-0.25, -0.2) is 4.98 Å². The smallest absolute Gasteiger partial charge is 0.163 e. The van der Waals surface area contributed by atoms with E-state index >= 15 is 0 Å². The average Bonchev–Trinajstić information content (AvgIpc) is 3.27. The second kappa shape index (κ2) is 6.55. The molecule has 120 valence electrons. The molecule has 5 heteroatoms. The molecule has 0 saturated carbocycles. The third-order valence-electron chi connectivity index (χ3n) is 3.88. The van der Waals surface area contributed by atoms with Crippen LogP contribution in [-0.2, 0) is 6.54 Å². The largest absolute Gasteiger partial charge is 0.457 e. The van der Waals surface area contributed by atoms with Gasteiger partial charge in [-0.05, 0) is 43.3 Å². The van der Waals surface area contributed by atoms with Crippen LogP contribution in [0.1, 0.15) is 24.4 Å². The molecule has 1 atom stereocenters. The summed E-state index contributed by atoms with van der Waals surface area (Å²) in [4.78, 5) is 9.00. The molecule has 0 aliphatic rings. The van der Waals surface area contributed by atoms with Crippen molar-refractivity contribution in [2.45, 2.75) is 19.5 Å². The minimum atomic E-state index is 0.169. The Bertz CT molecular complexity index is 912. The van der Waals surface area contributed by atoms with E-state index in [0.29, 0.717) is 6.54 Å². The maximum atomic E-state index is 5.95. The van der Waals surface area contributed by atoms with Crippen LogP contribution < -0.4 is 5.32 Å². The second-order valence-electron chi connectivity index (χ2n) is 5.61. The van der Waals surface area contributed by atoms with Crippen LogP contribution in [0.4, 0.5) is 0 Å². The zero-order valence-electron chi connectivity index (χ0n) is 13.3. The summed E-state index contributed by atoms with van der Waals surface area (Å²) in [6, 6.07) is 18.2. The molecule has 0 bridgehead atoms. The number of nitrogens with one attached hydrogen (secondary N) is 1. The molecule has 1 aromatic carbocycles. The number of benzene rings is 1. The Morgan fingerprint density at radius 2 is 1.96 bits per heavy atom. The highest BCUT2D eigenvalue weighted by molar-refractivity contribution is 7.21. The Labute approximate surface area is 144 Å². The minimum absolute atomic E-state index is 0.169. The van der Waals surface area contributed by atoms with Crippen LogP contribution in [0.5, 0.6) is 0 Å². The van der Waals surface area contributed by atoms with Gasteiger partial charge in [-0.1, -0.05) is 18.2 Å². The van der Waals surface area contributed by atoms with Gasteiger partial charge in [-0.3, -0.25) is 4.98 Å². The molecule has 0 amide bonds. The molecular formula is C19H17N3OS. The molecule has 4 rings (SSSR count). The fourth-order valence-corrected chi connectivity index (χ4v) is 3.48. The maximum absolute atomic E-state index is 5.95. The molecule has 24 heavy (non-hydrogen) atoms. The van der Waals surface area contributed by atoms with Gasteiger partial charge in [0.15, 0.2) is 10.8 Å². The monoisotopic (exact) mass is 335 g/mol. The first-order chi connectivity index (χ1) is 11.8. The van der Waals surface area contributed by atoms with Crippen molar-refractivity contribution in [2.75, 3.05) is 0 Å². The van der Waals surface area contributed by atoms with E-state index in [1.807, 2.05) is 54.7 Å². The summed E-state index contributed by atoms with van der Waals surface area (Å²) < 4.78 is 7.12. The SMILES string of the molecule is C[C@@H](NCc1ccc(-c2nc3ccccc3s2)o1)c1ccccn1. The predicted molar refractivity (Wildman–Crippen MR) is 96.8 cm³/mol. The topological polar surface area (TPSA) is 51.0 Å². The van der Waals surface area contributed by atoms with Crippen molar-refractivity contribution in [1.29, 1.82) is 0 Å². The van der Waals surface area contributed by atoms with Crippen LogP contribution in [0.25, 0.3) is 21.0 Å². The van der Waals surface area contributed by atoms with E-state index in [0.717, 1.165) is 27.7 Å². The molecule has 3 heterocycles. The molecule has 0 aliphatic heterocycles. The molecule has 4 aromatic rings. The molecule has 0 spiro atoms. The van der Waals surface area contributed by atoms with Crippen LogP contribution in [0.3, 0.4) is 0 Å². The first-order valence-corrected chi connectivity index (χ1v) is 8.70. The number of para-hydroxylation sites is 1. The Kier molecular flexibility index (Phi) is 4.11. The van der Waals surface area contributed by atoms with Gasteiger partial charge >= 0.3 is 0 Å². The molecule has 0 fully saturated rings. The normalized spacial score (nSPS) is 12.5. The van der Waals surface area contributed by atoms with Crippen molar-refractivity contribution >= 4 is 21.6 Å². The summed E-state index contributed by atoms with van der Waals surface area (Å²) in [6.07, 6.45) is 1.81. The number of pyridine rings is 1. The standard InChI is InChI=1S/C19H17N3OS/c1-13(15-6-4-5-11-20-15)21-12-14-9-10-17(23-14)19-22-16-7-2-3-8-18(16)24-19/h2-11,13,21H,12H2,1H3/t13-/m1/s1. The Morgan fingerprint density at radius 1 is 1.08 bits per heavy atom. The molecule has 1 N–H and O–H groups in total. The predicted octanol–water partition coefficient (Wildman–Crippen LogP) is 4.80. The summed E-state index contributed by atoms with van der Waals surface area (Å²) in [5, 5.41) is 4.35.